The maximum atomic E-state index is 14.5. The van der Waals surface area contributed by atoms with Gasteiger partial charge in [0.15, 0.2) is 0 Å². The lowest BCUT2D eigenvalue weighted by atomic mass is 9.99. The van der Waals surface area contributed by atoms with Crippen molar-refractivity contribution in [3.05, 3.63) is 84.1 Å². The van der Waals surface area contributed by atoms with E-state index in [0.717, 1.165) is 0 Å². The van der Waals surface area contributed by atoms with Crippen molar-refractivity contribution >= 4 is 87.7 Å². The number of fused-ring (bicyclic) bond motifs is 1. The number of H-pyrrole nitrogens is 2. The lowest BCUT2D eigenvalue weighted by molar-refractivity contribution is -0.142. The van der Waals surface area contributed by atoms with Crippen LogP contribution in [0, 0.1) is 5.92 Å². The van der Waals surface area contributed by atoms with Crippen molar-refractivity contribution < 1.29 is 68.1 Å². The Balaban J connectivity index is 1.56. The van der Waals surface area contributed by atoms with Gasteiger partial charge in [0, 0.05) is 61.1 Å². The second-order valence-electron chi connectivity index (χ2n) is 19.0. The van der Waals surface area contributed by atoms with Gasteiger partial charge in [-0.3, -0.25) is 47.9 Å². The number of carboxylic acid groups (broad SMARTS) is 1. The van der Waals surface area contributed by atoms with Gasteiger partial charge in [-0.25, -0.2) is 9.78 Å². The maximum absolute atomic E-state index is 14.5. The first-order valence-electron chi connectivity index (χ1n) is 25.3. The van der Waals surface area contributed by atoms with Crippen molar-refractivity contribution in [1.82, 2.24) is 57.5 Å². The number of imidazole rings is 1. The van der Waals surface area contributed by atoms with Gasteiger partial charge in [0.25, 0.3) is 0 Å². The van der Waals surface area contributed by atoms with Crippen molar-refractivity contribution in [3.8, 4) is 5.75 Å². The number of hydrogen-bond acceptors (Lipinski definition) is 16. The van der Waals surface area contributed by atoms with Crippen LogP contribution < -0.4 is 59.7 Å². The van der Waals surface area contributed by atoms with Gasteiger partial charge in [0.05, 0.1) is 25.5 Å². The second kappa shape index (κ2) is 31.7. The number of aromatic amines is 2. The molecule has 19 N–H and O–H groups in total. The van der Waals surface area contributed by atoms with E-state index >= 15 is 0 Å². The fourth-order valence-electron chi connectivity index (χ4n) is 7.99. The van der Waals surface area contributed by atoms with Crippen LogP contribution in [-0.2, 0) is 72.0 Å². The van der Waals surface area contributed by atoms with Gasteiger partial charge in [-0.2, -0.15) is 11.8 Å². The quantitative estimate of drug-likeness (QED) is 0.0216. The van der Waals surface area contributed by atoms with Gasteiger partial charge in [0.1, 0.15) is 48.0 Å². The number of nitrogens with two attached hydrogens (primary N) is 3. The molecule has 10 amide bonds. The van der Waals surface area contributed by atoms with Gasteiger partial charge in [0.2, 0.25) is 59.1 Å². The SMILES string of the molecule is CSCC[C@H](NC(=O)[C@H](Cc1ccc(O)cc1)NC(=O)[C@H](Cc1cnc[nH]1)NC(=O)[C@@H](NC(=O)[C@H](Cc1c[nH]c2ccccc12)NC(=O)CNC(=O)[C@H](CCC(N)=O)NC(=O)[C@H](CO)NC(=O)[C@@H](N)CCC(N)=O)C(C)C)C(=O)O. The smallest absolute Gasteiger partial charge is 0.326 e. The van der Waals surface area contributed by atoms with Crippen LogP contribution in [0.1, 0.15) is 62.8 Å². The molecule has 0 spiro atoms. The van der Waals surface area contributed by atoms with Crippen molar-refractivity contribution in [3.63, 3.8) is 0 Å². The first-order chi connectivity index (χ1) is 38.0. The van der Waals surface area contributed by atoms with Crippen LogP contribution in [0.5, 0.6) is 5.75 Å². The molecular formula is C51H70N14O14S. The minimum Gasteiger partial charge on any atom is -0.508 e. The highest BCUT2D eigenvalue weighted by Crippen LogP contribution is 2.20. The van der Waals surface area contributed by atoms with Gasteiger partial charge in [-0.1, -0.05) is 44.2 Å². The number of aliphatic hydroxyl groups is 1. The zero-order valence-electron chi connectivity index (χ0n) is 44.2. The number of nitrogens with one attached hydrogen (secondary N) is 10. The molecule has 8 atom stereocenters. The molecule has 0 unspecified atom stereocenters. The van der Waals surface area contributed by atoms with Gasteiger partial charge >= 0.3 is 5.97 Å². The van der Waals surface area contributed by atoms with Crippen LogP contribution in [0.2, 0.25) is 0 Å². The fraction of sp³-hybridized carbons (Fsp3) is 0.451. The third kappa shape index (κ3) is 20.7. The zero-order chi connectivity index (χ0) is 59.1. The van der Waals surface area contributed by atoms with Crippen LogP contribution >= 0.6 is 11.8 Å². The summed E-state index contributed by atoms with van der Waals surface area (Å²) in [6.45, 7) is 1.44. The lowest BCUT2D eigenvalue weighted by Crippen LogP contribution is -2.61. The maximum Gasteiger partial charge on any atom is 0.326 e. The molecule has 0 aliphatic carbocycles. The minimum atomic E-state index is -1.66. The fourth-order valence-corrected chi connectivity index (χ4v) is 8.46. The molecule has 0 saturated carbocycles. The average molecular weight is 1140 g/mol. The Bertz CT molecular complexity index is 2790. The van der Waals surface area contributed by atoms with E-state index in [1.165, 1.54) is 48.6 Å². The molecule has 0 aliphatic rings. The summed E-state index contributed by atoms with van der Waals surface area (Å²) < 4.78 is 0. The number of primary amides is 2. The monoisotopic (exact) mass is 1130 g/mol. The molecule has 2 heterocycles. The van der Waals surface area contributed by atoms with E-state index < -0.39 is 145 Å². The molecule has 0 bridgehead atoms. The van der Waals surface area contributed by atoms with E-state index in [2.05, 4.69) is 57.5 Å². The van der Waals surface area contributed by atoms with E-state index in [-0.39, 0.29) is 44.3 Å². The summed E-state index contributed by atoms with van der Waals surface area (Å²) in [5.74, 6) is -10.6. The highest BCUT2D eigenvalue weighted by Gasteiger charge is 2.35. The number of aromatic nitrogens is 3. The predicted molar refractivity (Wildman–Crippen MR) is 290 cm³/mol. The van der Waals surface area contributed by atoms with E-state index in [1.54, 1.807) is 50.6 Å². The summed E-state index contributed by atoms with van der Waals surface area (Å²) in [5.41, 5.74) is 18.3. The number of hydrogen-bond donors (Lipinski definition) is 16. The zero-order valence-corrected chi connectivity index (χ0v) is 45.1. The molecule has 0 fully saturated rings. The molecule has 2 aromatic carbocycles. The Morgan fingerprint density at radius 2 is 1.21 bits per heavy atom. The molecule has 4 rings (SSSR count). The van der Waals surface area contributed by atoms with Crippen molar-refractivity contribution in [2.75, 3.05) is 25.2 Å². The Labute approximate surface area is 463 Å². The number of phenols is 1. The van der Waals surface area contributed by atoms with Crippen molar-refractivity contribution in [1.29, 1.82) is 0 Å². The number of carbonyl (C=O) groups is 11. The first kappa shape index (κ1) is 64.0. The molecule has 4 aromatic rings. The molecule has 28 nitrogen and oxygen atoms in total. The molecule has 2 aromatic heterocycles. The van der Waals surface area contributed by atoms with Gasteiger partial charge in [-0.15, -0.1) is 0 Å². The molecule has 0 radical (unpaired) electrons. The molecule has 29 heteroatoms. The third-order valence-corrected chi connectivity index (χ3v) is 13.1. The van der Waals surface area contributed by atoms with Crippen molar-refractivity contribution in [2.24, 2.45) is 23.1 Å². The van der Waals surface area contributed by atoms with E-state index in [0.29, 0.717) is 33.5 Å². The summed E-state index contributed by atoms with van der Waals surface area (Å²) in [4.78, 5) is 155. The second-order valence-corrected chi connectivity index (χ2v) is 20.0. The first-order valence-corrected chi connectivity index (χ1v) is 26.7. The number of rotatable bonds is 34. The number of nitrogens with zero attached hydrogens (tertiary/aromatic N) is 1. The number of para-hydroxylation sites is 1. The lowest BCUT2D eigenvalue weighted by Gasteiger charge is -2.28. The number of amides is 10. The highest BCUT2D eigenvalue weighted by atomic mass is 32.2. The number of aliphatic carboxylic acids is 1. The number of phenolic OH excluding ortho intramolecular Hbond substituents is 1. The number of carbonyl (C=O) groups excluding carboxylic acids is 10. The normalized spacial score (nSPS) is 14.1. The molecule has 80 heavy (non-hydrogen) atoms. The minimum absolute atomic E-state index is 0.0661. The highest BCUT2D eigenvalue weighted by molar-refractivity contribution is 7.98. The molecule has 434 valence electrons. The van der Waals surface area contributed by atoms with E-state index in [4.69, 9.17) is 17.2 Å². The molecule has 0 aliphatic heterocycles. The largest absolute Gasteiger partial charge is 0.508 e. The number of aliphatic hydroxyl groups excluding tert-OH is 1. The third-order valence-electron chi connectivity index (χ3n) is 12.4. The topological polar surface area (TPSA) is 467 Å². The number of benzene rings is 2. The summed E-state index contributed by atoms with van der Waals surface area (Å²) in [6.07, 6.45) is 4.42. The van der Waals surface area contributed by atoms with Gasteiger partial charge in [-0.05, 0) is 66.5 Å². The number of thioether (sulfide) groups is 1. The van der Waals surface area contributed by atoms with Crippen LogP contribution in [0.3, 0.4) is 0 Å². The number of carboxylic acids is 1. The summed E-state index contributed by atoms with van der Waals surface area (Å²) in [6, 6.07) is 1.36. The van der Waals surface area contributed by atoms with Crippen LogP contribution in [0.15, 0.2) is 67.3 Å². The Hall–Kier alpha value is -8.57. The Morgan fingerprint density at radius 1 is 0.637 bits per heavy atom. The molecular weight excluding hydrogens is 1060 g/mol. The Kier molecular flexibility index (Phi) is 25.4. The summed E-state index contributed by atoms with van der Waals surface area (Å²) in [5, 5.41) is 50.3. The molecule has 0 saturated heterocycles. The van der Waals surface area contributed by atoms with E-state index in [9.17, 15) is 68.1 Å². The van der Waals surface area contributed by atoms with Gasteiger partial charge < -0.3 is 85.0 Å². The predicted octanol–water partition coefficient (Wildman–Crippen LogP) is -3.52. The standard InChI is InChI=1S/C51H70N14O14S/c1-26(2)43(50(77)63-38(20-29-22-55-25-58-29)47(74)62-36(18-27-8-10-30(67)11-9-27)46(73)61-35(51(78)79)16-17-80-3)65-48(75)37(19-28-21-56-33-7-5-4-6-31(28)33)59-42(70)23-57-45(72)34(13-15-41(54)69)60-49(76)39(24-66)64-44(71)32(52)12-14-40(53)68/h4-11,21-22,25-26,32,34-39,43,56,66-67H,12-20,23-24,52H2,1-3H3,(H2,53,68)(H2,54,69)(H,55,58)(H,57,72)(H,59,70)(H,60,76)(H,61,73)(H,62,74)(H,63,77)(H,64,71)(H,65,75)(H,78,79)/t32-,34-,35-,36-,37-,38-,39-,43-/m0/s1. The average Bonchev–Trinajstić information content (AvgIpc) is 4.10. The van der Waals surface area contributed by atoms with Crippen LogP contribution in [0.4, 0.5) is 0 Å². The summed E-state index contributed by atoms with van der Waals surface area (Å²) in [7, 11) is 0. The Morgan fingerprint density at radius 3 is 1.82 bits per heavy atom. The van der Waals surface area contributed by atoms with Crippen LogP contribution in [-0.4, -0.2) is 169 Å². The summed E-state index contributed by atoms with van der Waals surface area (Å²) >= 11 is 1.37. The van der Waals surface area contributed by atoms with Crippen LogP contribution in [0.25, 0.3) is 10.9 Å². The van der Waals surface area contributed by atoms with Crippen molar-refractivity contribution in [2.45, 2.75) is 114 Å². The number of aromatic hydroxyl groups is 1. The van der Waals surface area contributed by atoms with E-state index in [1.807, 2.05) is 0 Å².